The van der Waals surface area contributed by atoms with Gasteiger partial charge in [0.15, 0.2) is 0 Å². The molecule has 4 nitrogen and oxygen atoms in total. The Labute approximate surface area is 114 Å². The highest BCUT2D eigenvalue weighted by Gasteiger charge is 2.23. The lowest BCUT2D eigenvalue weighted by atomic mass is 10.1. The summed E-state index contributed by atoms with van der Waals surface area (Å²) in [6.45, 7) is 1.19. The van der Waals surface area contributed by atoms with Crippen LogP contribution in [0.25, 0.3) is 0 Å². The van der Waals surface area contributed by atoms with Crippen molar-refractivity contribution in [3.05, 3.63) is 29.8 Å². The van der Waals surface area contributed by atoms with Crippen LogP contribution in [0.15, 0.2) is 24.3 Å². The number of amides is 1. The minimum atomic E-state index is -0.330. The van der Waals surface area contributed by atoms with Gasteiger partial charge in [0.1, 0.15) is 0 Å². The molecule has 0 saturated carbocycles. The highest BCUT2D eigenvalue weighted by molar-refractivity contribution is 5.76. The zero-order valence-electron chi connectivity index (χ0n) is 11.7. The molecule has 4 heteroatoms. The second-order valence-corrected chi connectivity index (χ2v) is 5.34. The van der Waals surface area contributed by atoms with E-state index in [1.54, 1.807) is 4.90 Å². The lowest BCUT2D eigenvalue weighted by Gasteiger charge is -2.16. The Morgan fingerprint density at radius 2 is 2.05 bits per heavy atom. The molecule has 0 bridgehead atoms. The molecule has 1 saturated heterocycles. The van der Waals surface area contributed by atoms with Gasteiger partial charge in [0.05, 0.1) is 6.10 Å². The van der Waals surface area contributed by atoms with E-state index in [-0.39, 0.29) is 12.0 Å². The molecule has 104 valence electrons. The molecule has 19 heavy (non-hydrogen) atoms. The van der Waals surface area contributed by atoms with Crippen molar-refractivity contribution in [2.24, 2.45) is 0 Å². The van der Waals surface area contributed by atoms with Crippen molar-refractivity contribution < 1.29 is 9.90 Å². The van der Waals surface area contributed by atoms with Gasteiger partial charge < -0.3 is 14.9 Å². The van der Waals surface area contributed by atoms with Gasteiger partial charge in [-0.2, -0.15) is 0 Å². The van der Waals surface area contributed by atoms with Crippen molar-refractivity contribution in [3.8, 4) is 0 Å². The number of aliphatic hydroxyl groups is 1. The minimum absolute atomic E-state index is 0.147. The normalized spacial score (nSPS) is 18.7. The van der Waals surface area contributed by atoms with E-state index in [2.05, 4.69) is 29.2 Å². The maximum Gasteiger partial charge on any atom is 0.222 e. The smallest absolute Gasteiger partial charge is 0.222 e. The molecule has 1 fully saturated rings. The zero-order chi connectivity index (χ0) is 13.8. The van der Waals surface area contributed by atoms with E-state index >= 15 is 0 Å². The lowest BCUT2D eigenvalue weighted by molar-refractivity contribution is -0.130. The Hall–Kier alpha value is -1.55. The maximum absolute atomic E-state index is 11.9. The molecule has 1 heterocycles. The number of nitrogens with zero attached hydrogens (tertiary/aromatic N) is 2. The predicted octanol–water partition coefficient (Wildman–Crippen LogP) is 1.28. The number of carbonyl (C=O) groups is 1. The van der Waals surface area contributed by atoms with Crippen molar-refractivity contribution in [3.63, 3.8) is 0 Å². The number of aliphatic hydroxyl groups excluding tert-OH is 1. The molecule has 0 radical (unpaired) electrons. The monoisotopic (exact) mass is 262 g/mol. The van der Waals surface area contributed by atoms with Crippen LogP contribution in [-0.2, 0) is 11.2 Å². The first-order valence-corrected chi connectivity index (χ1v) is 6.78. The molecule has 1 N–H and O–H groups in total. The molecule has 0 unspecified atom stereocenters. The third-order valence-electron chi connectivity index (χ3n) is 3.60. The molecule has 1 aliphatic rings. The molecule has 0 aliphatic carbocycles. The fourth-order valence-corrected chi connectivity index (χ4v) is 2.34. The first-order valence-electron chi connectivity index (χ1n) is 6.78. The van der Waals surface area contributed by atoms with Crippen LogP contribution < -0.4 is 4.90 Å². The third-order valence-corrected chi connectivity index (χ3v) is 3.60. The van der Waals surface area contributed by atoms with Crippen LogP contribution in [0.2, 0.25) is 0 Å². The van der Waals surface area contributed by atoms with E-state index in [9.17, 15) is 9.90 Å². The third kappa shape index (κ3) is 3.70. The average Bonchev–Trinajstić information content (AvgIpc) is 2.83. The topological polar surface area (TPSA) is 43.8 Å². The largest absolute Gasteiger partial charge is 0.391 e. The Bertz CT molecular complexity index is 428. The molecule has 1 atom stereocenters. The molecule has 1 aromatic carbocycles. The molecule has 0 spiro atoms. The standard InChI is InChI=1S/C15H22N2O2/c1-16(2)13-6-3-12(4-7-13)5-8-15(19)17-10-9-14(18)11-17/h3-4,6-7,14,18H,5,8-11H2,1-2H3/t14-/m0/s1. The van der Waals surface area contributed by atoms with Gasteiger partial charge in [-0.05, 0) is 30.5 Å². The van der Waals surface area contributed by atoms with Crippen molar-refractivity contribution in [2.45, 2.75) is 25.4 Å². The van der Waals surface area contributed by atoms with Crippen LogP contribution in [0.4, 0.5) is 5.69 Å². The minimum Gasteiger partial charge on any atom is -0.391 e. The Kier molecular flexibility index (Phi) is 4.43. The van der Waals surface area contributed by atoms with Gasteiger partial charge in [-0.25, -0.2) is 0 Å². The first-order chi connectivity index (χ1) is 9.06. The quantitative estimate of drug-likeness (QED) is 0.889. The summed E-state index contributed by atoms with van der Waals surface area (Å²) in [6, 6.07) is 8.28. The van der Waals surface area contributed by atoms with E-state index in [1.807, 2.05) is 14.1 Å². The molecule has 1 aliphatic heterocycles. The number of hydrogen-bond donors (Lipinski definition) is 1. The van der Waals surface area contributed by atoms with Crippen molar-refractivity contribution in [1.29, 1.82) is 0 Å². The van der Waals surface area contributed by atoms with E-state index in [4.69, 9.17) is 0 Å². The van der Waals surface area contributed by atoms with E-state index in [0.717, 1.165) is 12.1 Å². The number of hydrogen-bond acceptors (Lipinski definition) is 3. The summed E-state index contributed by atoms with van der Waals surface area (Å²) in [6.07, 6.45) is 1.67. The lowest BCUT2D eigenvalue weighted by Crippen LogP contribution is -2.29. The number of anilines is 1. The zero-order valence-corrected chi connectivity index (χ0v) is 11.7. The number of carbonyl (C=O) groups excluding carboxylic acids is 1. The molecular formula is C15H22N2O2. The molecule has 1 aromatic rings. The molecule has 2 rings (SSSR count). The van der Waals surface area contributed by atoms with Gasteiger partial charge in [0.2, 0.25) is 5.91 Å². The highest BCUT2D eigenvalue weighted by atomic mass is 16.3. The Balaban J connectivity index is 1.83. The summed E-state index contributed by atoms with van der Waals surface area (Å²) in [5.74, 6) is 0.147. The van der Waals surface area contributed by atoms with Gasteiger partial charge >= 0.3 is 0 Å². The van der Waals surface area contributed by atoms with Crippen LogP contribution in [0, 0.1) is 0 Å². The number of rotatable bonds is 4. The first kappa shape index (κ1) is 13.9. The van der Waals surface area contributed by atoms with Gasteiger partial charge in [-0.3, -0.25) is 4.79 Å². The highest BCUT2D eigenvalue weighted by Crippen LogP contribution is 2.15. The van der Waals surface area contributed by atoms with Crippen LogP contribution in [0.5, 0.6) is 0 Å². The van der Waals surface area contributed by atoms with Crippen molar-refractivity contribution in [1.82, 2.24) is 4.90 Å². The average molecular weight is 262 g/mol. The summed E-state index contributed by atoms with van der Waals surface area (Å²) < 4.78 is 0. The fraction of sp³-hybridized carbons (Fsp3) is 0.533. The van der Waals surface area contributed by atoms with Crippen LogP contribution in [-0.4, -0.2) is 49.2 Å². The van der Waals surface area contributed by atoms with Crippen LogP contribution >= 0.6 is 0 Å². The molecule has 1 amide bonds. The van der Waals surface area contributed by atoms with Crippen LogP contribution in [0.3, 0.4) is 0 Å². The van der Waals surface area contributed by atoms with Crippen LogP contribution in [0.1, 0.15) is 18.4 Å². The summed E-state index contributed by atoms with van der Waals surface area (Å²) in [5, 5.41) is 9.42. The van der Waals surface area contributed by atoms with Gasteiger partial charge in [-0.1, -0.05) is 12.1 Å². The summed E-state index contributed by atoms with van der Waals surface area (Å²) in [5.41, 5.74) is 2.34. The summed E-state index contributed by atoms with van der Waals surface area (Å²) >= 11 is 0. The number of β-amino-alcohol motifs (C(OH)–C–C–N with tert-alkyl or cyclic N) is 1. The fourth-order valence-electron chi connectivity index (χ4n) is 2.34. The van der Waals surface area contributed by atoms with E-state index in [1.165, 1.54) is 5.56 Å². The predicted molar refractivity (Wildman–Crippen MR) is 76.3 cm³/mol. The molecule has 0 aromatic heterocycles. The summed E-state index contributed by atoms with van der Waals surface area (Å²) in [4.78, 5) is 15.8. The molecular weight excluding hydrogens is 240 g/mol. The van der Waals surface area contributed by atoms with E-state index in [0.29, 0.717) is 25.9 Å². The SMILES string of the molecule is CN(C)c1ccc(CCC(=O)N2CC[C@H](O)C2)cc1. The number of benzene rings is 1. The Morgan fingerprint density at radius 1 is 1.37 bits per heavy atom. The second kappa shape index (κ2) is 6.06. The second-order valence-electron chi connectivity index (χ2n) is 5.34. The van der Waals surface area contributed by atoms with Gasteiger partial charge in [-0.15, -0.1) is 0 Å². The maximum atomic E-state index is 11.9. The summed E-state index contributed by atoms with van der Waals surface area (Å²) in [7, 11) is 4.02. The van der Waals surface area contributed by atoms with Crippen molar-refractivity contribution >= 4 is 11.6 Å². The van der Waals surface area contributed by atoms with E-state index < -0.39 is 0 Å². The number of aryl methyl sites for hydroxylation is 1. The van der Waals surface area contributed by atoms with Gasteiger partial charge in [0.25, 0.3) is 0 Å². The van der Waals surface area contributed by atoms with Crippen molar-refractivity contribution in [2.75, 3.05) is 32.1 Å². The number of likely N-dealkylation sites (tertiary alicyclic amines) is 1. The Morgan fingerprint density at radius 3 is 2.58 bits per heavy atom. The van der Waals surface area contributed by atoms with Gasteiger partial charge in [0, 0.05) is 39.3 Å².